The molecule has 1 amide bonds. The lowest BCUT2D eigenvalue weighted by Crippen LogP contribution is -2.35. The minimum atomic E-state index is -0.175. The smallest absolute Gasteiger partial charge is 0.252 e. The topological polar surface area (TPSA) is 73.4 Å². The highest BCUT2D eigenvalue weighted by Crippen LogP contribution is 2.39. The highest BCUT2D eigenvalue weighted by Gasteiger charge is 2.20. The van der Waals surface area contributed by atoms with E-state index in [2.05, 4.69) is 0 Å². The van der Waals surface area contributed by atoms with Gasteiger partial charge in [-0.3, -0.25) is 9.69 Å². The minimum Gasteiger partial charge on any atom is -0.494 e. The third-order valence-electron chi connectivity index (χ3n) is 5.29. The van der Waals surface area contributed by atoms with Crippen LogP contribution in [0.3, 0.4) is 0 Å². The van der Waals surface area contributed by atoms with Crippen molar-refractivity contribution < 1.29 is 23.7 Å². The van der Waals surface area contributed by atoms with Crippen molar-refractivity contribution in [3.05, 3.63) is 41.5 Å². The highest BCUT2D eigenvalue weighted by atomic mass is 32.1. The molecular weight excluding hydrogens is 454 g/mol. The van der Waals surface area contributed by atoms with Crippen molar-refractivity contribution >= 4 is 38.7 Å². The Bertz CT molecular complexity index is 1160. The summed E-state index contributed by atoms with van der Waals surface area (Å²) in [5.74, 6) is 2.06. The molecule has 0 aliphatic carbocycles. The maximum atomic E-state index is 13.3. The number of fused-ring (bicyclic) bond motifs is 1. The third-order valence-corrected chi connectivity index (χ3v) is 6.50. The van der Waals surface area contributed by atoms with Gasteiger partial charge in [0, 0.05) is 19.2 Å². The van der Waals surface area contributed by atoms with E-state index < -0.39 is 0 Å². The first-order valence-corrected chi connectivity index (χ1v) is 11.5. The Balaban J connectivity index is 1.97. The van der Waals surface area contributed by atoms with Crippen molar-refractivity contribution in [2.24, 2.45) is 0 Å². The van der Waals surface area contributed by atoms with Crippen LogP contribution in [0.1, 0.15) is 11.1 Å². The van der Waals surface area contributed by atoms with Crippen LogP contribution in [0.25, 0.3) is 16.3 Å². The molecule has 9 heteroatoms. The first-order chi connectivity index (χ1) is 16.3. The number of benzene rings is 2. The van der Waals surface area contributed by atoms with E-state index in [1.165, 1.54) is 17.4 Å². The first-order valence-electron chi connectivity index (χ1n) is 10.7. The Morgan fingerprint density at radius 2 is 1.62 bits per heavy atom. The van der Waals surface area contributed by atoms with E-state index in [4.69, 9.17) is 23.9 Å². The molecule has 0 unspecified atom stereocenters. The zero-order valence-corrected chi connectivity index (χ0v) is 21.5. The summed E-state index contributed by atoms with van der Waals surface area (Å²) in [4.78, 5) is 21.8. The lowest BCUT2D eigenvalue weighted by atomic mass is 10.1. The standard InChI is InChI=1S/C25H31N3O5S/c1-16-8-10-18(30-4)22-24(16)34-25(26-22)28(13-12-27(2)3)21(29)11-9-17-14-19(31-5)23(33-7)20(15-17)32-6/h8-11,14-15H,12-13H2,1-7H3/b11-9+. The van der Waals surface area contributed by atoms with E-state index in [-0.39, 0.29) is 5.91 Å². The Kier molecular flexibility index (Phi) is 8.36. The summed E-state index contributed by atoms with van der Waals surface area (Å²) in [5, 5.41) is 0.629. The van der Waals surface area contributed by atoms with Crippen LogP contribution in [0.2, 0.25) is 0 Å². The van der Waals surface area contributed by atoms with Crippen molar-refractivity contribution in [1.82, 2.24) is 9.88 Å². The van der Waals surface area contributed by atoms with Gasteiger partial charge in [-0.1, -0.05) is 17.4 Å². The maximum Gasteiger partial charge on any atom is 0.252 e. The number of methoxy groups -OCH3 is 4. The number of thiazole rings is 1. The molecule has 34 heavy (non-hydrogen) atoms. The van der Waals surface area contributed by atoms with Gasteiger partial charge in [-0.05, 0) is 56.4 Å². The van der Waals surface area contributed by atoms with Crippen LogP contribution in [0.5, 0.6) is 23.0 Å². The van der Waals surface area contributed by atoms with E-state index >= 15 is 0 Å². The molecule has 3 rings (SSSR count). The monoisotopic (exact) mass is 485 g/mol. The molecule has 0 spiro atoms. The number of nitrogens with zero attached hydrogens (tertiary/aromatic N) is 3. The molecule has 0 saturated heterocycles. The number of aromatic nitrogens is 1. The van der Waals surface area contributed by atoms with E-state index in [0.29, 0.717) is 41.2 Å². The SMILES string of the molecule is COc1cc(/C=C/C(=O)N(CCN(C)C)c2nc3c(OC)ccc(C)c3s2)cc(OC)c1OC. The molecule has 2 aromatic carbocycles. The molecule has 3 aromatic rings. The number of hydrogen-bond donors (Lipinski definition) is 0. The van der Waals surface area contributed by atoms with Crippen molar-refractivity contribution in [2.45, 2.75) is 6.92 Å². The van der Waals surface area contributed by atoms with Gasteiger partial charge in [0.05, 0.1) is 33.1 Å². The summed E-state index contributed by atoms with van der Waals surface area (Å²) >= 11 is 1.49. The predicted molar refractivity (Wildman–Crippen MR) is 137 cm³/mol. The number of rotatable bonds is 10. The van der Waals surface area contributed by atoms with Crippen LogP contribution in [-0.4, -0.2) is 71.4 Å². The summed E-state index contributed by atoms with van der Waals surface area (Å²) in [6, 6.07) is 7.49. The zero-order valence-electron chi connectivity index (χ0n) is 20.7. The fraction of sp³-hybridized carbons (Fsp3) is 0.360. The number of hydrogen-bond acceptors (Lipinski definition) is 8. The Labute approximate surface area is 204 Å². The average molecular weight is 486 g/mol. The number of ether oxygens (including phenoxy) is 4. The van der Waals surface area contributed by atoms with Crippen molar-refractivity contribution in [3.8, 4) is 23.0 Å². The molecule has 0 fully saturated rings. The van der Waals surface area contributed by atoms with Crippen LogP contribution in [0, 0.1) is 6.92 Å². The molecule has 1 aromatic heterocycles. The van der Waals surface area contributed by atoms with Crippen LogP contribution >= 0.6 is 11.3 Å². The van der Waals surface area contributed by atoms with E-state index in [1.807, 2.05) is 38.1 Å². The molecule has 0 atom stereocenters. The summed E-state index contributed by atoms with van der Waals surface area (Å²) < 4.78 is 22.7. The summed E-state index contributed by atoms with van der Waals surface area (Å²) in [6.07, 6.45) is 3.27. The van der Waals surface area contributed by atoms with Gasteiger partial charge in [-0.15, -0.1) is 0 Å². The van der Waals surface area contributed by atoms with Crippen molar-refractivity contribution in [1.29, 1.82) is 0 Å². The second-order valence-corrected chi connectivity index (χ2v) is 8.82. The highest BCUT2D eigenvalue weighted by molar-refractivity contribution is 7.22. The van der Waals surface area contributed by atoms with Gasteiger partial charge in [0.2, 0.25) is 5.75 Å². The number of aryl methyl sites for hydroxylation is 1. The van der Waals surface area contributed by atoms with Crippen molar-refractivity contribution in [3.63, 3.8) is 0 Å². The van der Waals surface area contributed by atoms with Gasteiger partial charge in [0.1, 0.15) is 11.3 Å². The molecule has 0 N–H and O–H groups in total. The quantitative estimate of drug-likeness (QED) is 0.398. The first kappa shape index (κ1) is 25.3. The number of likely N-dealkylation sites (N-methyl/N-ethyl adjacent to an activating group) is 1. The normalized spacial score (nSPS) is 11.3. The largest absolute Gasteiger partial charge is 0.494 e. The van der Waals surface area contributed by atoms with Gasteiger partial charge in [0.25, 0.3) is 5.91 Å². The van der Waals surface area contributed by atoms with Crippen LogP contribution in [0.15, 0.2) is 30.3 Å². The molecule has 0 bridgehead atoms. The lowest BCUT2D eigenvalue weighted by Gasteiger charge is -2.20. The van der Waals surface area contributed by atoms with Gasteiger partial charge in [-0.2, -0.15) is 0 Å². The van der Waals surface area contributed by atoms with E-state index in [9.17, 15) is 4.79 Å². The van der Waals surface area contributed by atoms with E-state index in [1.54, 1.807) is 51.5 Å². The number of carbonyl (C=O) groups excluding carboxylic acids is 1. The predicted octanol–water partition coefficient (Wildman–Crippen LogP) is 4.25. The number of carbonyl (C=O) groups is 1. The van der Waals surface area contributed by atoms with Crippen molar-refractivity contribution in [2.75, 3.05) is 60.5 Å². The van der Waals surface area contributed by atoms with Gasteiger partial charge in [-0.25, -0.2) is 4.98 Å². The molecule has 0 aliphatic rings. The van der Waals surface area contributed by atoms with Gasteiger partial charge >= 0.3 is 0 Å². The van der Waals surface area contributed by atoms with Crippen LogP contribution in [0.4, 0.5) is 5.13 Å². The fourth-order valence-electron chi connectivity index (χ4n) is 3.43. The number of anilines is 1. The Morgan fingerprint density at radius 3 is 2.18 bits per heavy atom. The van der Waals surface area contributed by atoms with Crippen LogP contribution < -0.4 is 23.8 Å². The molecule has 182 valence electrons. The van der Waals surface area contributed by atoms with Crippen LogP contribution in [-0.2, 0) is 4.79 Å². The molecule has 0 aliphatic heterocycles. The summed E-state index contributed by atoms with van der Waals surface area (Å²) in [6.45, 7) is 3.21. The molecule has 1 heterocycles. The molecule has 0 saturated carbocycles. The molecule has 8 nitrogen and oxygen atoms in total. The average Bonchev–Trinajstić information content (AvgIpc) is 3.28. The summed E-state index contributed by atoms with van der Waals surface area (Å²) in [7, 11) is 10.2. The second kappa shape index (κ2) is 11.2. The maximum absolute atomic E-state index is 13.3. The molecular formula is C25H31N3O5S. The zero-order chi connectivity index (χ0) is 24.8. The Morgan fingerprint density at radius 1 is 0.971 bits per heavy atom. The number of amides is 1. The lowest BCUT2D eigenvalue weighted by molar-refractivity contribution is -0.114. The van der Waals surface area contributed by atoms with Gasteiger partial charge < -0.3 is 23.8 Å². The second-order valence-electron chi connectivity index (χ2n) is 7.84. The third kappa shape index (κ3) is 5.43. The minimum absolute atomic E-state index is 0.175. The van der Waals surface area contributed by atoms with E-state index in [0.717, 1.165) is 21.3 Å². The molecule has 0 radical (unpaired) electrons. The summed E-state index contributed by atoms with van der Waals surface area (Å²) in [5.41, 5.74) is 2.60. The van der Waals surface area contributed by atoms with Gasteiger partial charge in [0.15, 0.2) is 16.6 Å². The Hall–Kier alpha value is -3.30. The fourth-order valence-corrected chi connectivity index (χ4v) is 4.52.